The number of carbonyl (C=O) groups excluding carboxylic acids is 2. The number of nitrogens with zero attached hydrogens (tertiary/aromatic N) is 2. The van der Waals surface area contributed by atoms with Gasteiger partial charge in [-0.1, -0.05) is 30.3 Å². The minimum Gasteiger partial charge on any atom is -0.379 e. The van der Waals surface area contributed by atoms with Crippen molar-refractivity contribution < 1.29 is 14.3 Å². The Morgan fingerprint density at radius 3 is 2.44 bits per heavy atom. The van der Waals surface area contributed by atoms with Gasteiger partial charge in [0.25, 0.3) is 0 Å². The van der Waals surface area contributed by atoms with E-state index in [1.807, 2.05) is 23.1 Å². The predicted molar refractivity (Wildman–Crippen MR) is 104 cm³/mol. The van der Waals surface area contributed by atoms with Crippen LogP contribution in [0.2, 0.25) is 0 Å². The van der Waals surface area contributed by atoms with Crippen molar-refractivity contribution in [2.75, 3.05) is 52.5 Å². The van der Waals surface area contributed by atoms with Crippen LogP contribution >= 0.6 is 0 Å². The molecule has 0 atom stereocenters. The van der Waals surface area contributed by atoms with E-state index in [1.165, 1.54) is 5.56 Å². The molecule has 6 nitrogen and oxygen atoms in total. The fraction of sp³-hybridized carbons (Fsp3) is 0.619. The standard InChI is InChI=1S/C21H31N3O3/c25-20(7-6-18-4-2-1-3-5-18)24-11-8-19(9-12-24)21(26)22-10-13-23-14-16-27-17-15-23/h1-5,19H,6-17H2,(H,22,26). The number of ether oxygens (including phenoxy) is 1. The van der Waals surface area contributed by atoms with E-state index >= 15 is 0 Å². The molecule has 2 heterocycles. The third kappa shape index (κ3) is 6.33. The summed E-state index contributed by atoms with van der Waals surface area (Å²) < 4.78 is 5.33. The number of piperidine rings is 1. The highest BCUT2D eigenvalue weighted by atomic mass is 16.5. The van der Waals surface area contributed by atoms with E-state index in [4.69, 9.17) is 4.74 Å². The Kier molecular flexibility index (Phi) is 7.66. The average molecular weight is 373 g/mol. The lowest BCUT2D eigenvalue weighted by atomic mass is 9.95. The first-order valence-corrected chi connectivity index (χ1v) is 10.1. The van der Waals surface area contributed by atoms with Gasteiger partial charge >= 0.3 is 0 Å². The van der Waals surface area contributed by atoms with Crippen LogP contribution in [0.15, 0.2) is 30.3 Å². The Morgan fingerprint density at radius 1 is 1.04 bits per heavy atom. The number of nitrogens with one attached hydrogen (secondary N) is 1. The molecule has 0 aromatic heterocycles. The Labute approximate surface area is 161 Å². The van der Waals surface area contributed by atoms with Crippen molar-refractivity contribution >= 4 is 11.8 Å². The van der Waals surface area contributed by atoms with Gasteiger partial charge in [-0.25, -0.2) is 0 Å². The number of aryl methyl sites for hydroxylation is 1. The van der Waals surface area contributed by atoms with Crippen LogP contribution in [0.4, 0.5) is 0 Å². The smallest absolute Gasteiger partial charge is 0.223 e. The predicted octanol–water partition coefficient (Wildman–Crippen LogP) is 1.31. The Balaban J connectivity index is 1.31. The lowest BCUT2D eigenvalue weighted by Gasteiger charge is -2.32. The largest absolute Gasteiger partial charge is 0.379 e. The number of hydrogen-bond acceptors (Lipinski definition) is 4. The van der Waals surface area contributed by atoms with E-state index in [1.54, 1.807) is 0 Å². The second kappa shape index (κ2) is 10.4. The third-order valence-corrected chi connectivity index (χ3v) is 5.52. The molecular weight excluding hydrogens is 342 g/mol. The van der Waals surface area contributed by atoms with Crippen molar-refractivity contribution in [1.82, 2.24) is 15.1 Å². The van der Waals surface area contributed by atoms with Crippen molar-refractivity contribution in [3.8, 4) is 0 Å². The first-order valence-electron chi connectivity index (χ1n) is 10.1. The van der Waals surface area contributed by atoms with Gasteiger partial charge in [-0.15, -0.1) is 0 Å². The molecule has 0 unspecified atom stereocenters. The summed E-state index contributed by atoms with van der Waals surface area (Å²) in [5.74, 6) is 0.373. The van der Waals surface area contributed by atoms with Gasteiger partial charge in [0.15, 0.2) is 0 Å². The first-order chi connectivity index (χ1) is 13.2. The van der Waals surface area contributed by atoms with Crippen molar-refractivity contribution in [3.63, 3.8) is 0 Å². The van der Waals surface area contributed by atoms with Gasteiger partial charge in [-0.2, -0.15) is 0 Å². The van der Waals surface area contributed by atoms with Crippen LogP contribution in [0, 0.1) is 5.92 Å². The second-order valence-corrected chi connectivity index (χ2v) is 7.39. The number of benzene rings is 1. The number of carbonyl (C=O) groups is 2. The number of morpholine rings is 1. The van der Waals surface area contributed by atoms with Gasteiger partial charge in [0.2, 0.25) is 11.8 Å². The second-order valence-electron chi connectivity index (χ2n) is 7.39. The van der Waals surface area contributed by atoms with Gasteiger partial charge in [0.05, 0.1) is 13.2 Å². The highest BCUT2D eigenvalue weighted by molar-refractivity contribution is 5.80. The molecule has 2 aliphatic rings. The summed E-state index contributed by atoms with van der Waals surface area (Å²) in [6.07, 6.45) is 2.85. The van der Waals surface area contributed by atoms with Crippen LogP contribution in [-0.2, 0) is 20.7 Å². The van der Waals surface area contributed by atoms with Gasteiger partial charge in [0, 0.05) is 51.6 Å². The van der Waals surface area contributed by atoms with Crippen LogP contribution in [0.1, 0.15) is 24.8 Å². The molecule has 2 fully saturated rings. The molecule has 2 saturated heterocycles. The number of rotatable bonds is 7. The summed E-state index contributed by atoms with van der Waals surface area (Å²) in [7, 11) is 0. The zero-order chi connectivity index (χ0) is 18.9. The van der Waals surface area contributed by atoms with Crippen molar-refractivity contribution in [2.45, 2.75) is 25.7 Å². The van der Waals surface area contributed by atoms with Crippen molar-refractivity contribution in [3.05, 3.63) is 35.9 Å². The van der Waals surface area contributed by atoms with Crippen molar-refractivity contribution in [2.24, 2.45) is 5.92 Å². The van der Waals surface area contributed by atoms with E-state index in [0.717, 1.165) is 52.1 Å². The summed E-state index contributed by atoms with van der Waals surface area (Å²) in [4.78, 5) is 29.0. The Morgan fingerprint density at radius 2 is 1.74 bits per heavy atom. The Hall–Kier alpha value is -1.92. The van der Waals surface area contributed by atoms with E-state index in [-0.39, 0.29) is 17.7 Å². The van der Waals surface area contributed by atoms with E-state index in [2.05, 4.69) is 22.3 Å². The van der Waals surface area contributed by atoms with Gasteiger partial charge in [-0.05, 0) is 24.8 Å². The van der Waals surface area contributed by atoms with Crippen molar-refractivity contribution in [1.29, 1.82) is 0 Å². The number of hydrogen-bond donors (Lipinski definition) is 1. The molecule has 148 valence electrons. The first kappa shape index (κ1) is 19.8. The SMILES string of the molecule is O=C(NCCN1CCOCC1)C1CCN(C(=O)CCc2ccccc2)CC1. The summed E-state index contributed by atoms with van der Waals surface area (Å²) in [6, 6.07) is 10.1. The normalized spacial score (nSPS) is 19.0. The molecule has 2 aliphatic heterocycles. The average Bonchev–Trinajstić information content (AvgIpc) is 2.73. The lowest BCUT2D eigenvalue weighted by molar-refractivity contribution is -0.135. The highest BCUT2D eigenvalue weighted by Crippen LogP contribution is 2.18. The van der Waals surface area contributed by atoms with Crippen LogP contribution in [0.3, 0.4) is 0 Å². The maximum atomic E-state index is 12.4. The maximum absolute atomic E-state index is 12.4. The lowest BCUT2D eigenvalue weighted by Crippen LogP contribution is -2.45. The molecule has 1 aromatic rings. The fourth-order valence-electron chi connectivity index (χ4n) is 3.75. The topological polar surface area (TPSA) is 61.9 Å². The zero-order valence-corrected chi connectivity index (χ0v) is 16.1. The quantitative estimate of drug-likeness (QED) is 0.783. The number of amides is 2. The summed E-state index contributed by atoms with van der Waals surface area (Å²) in [5, 5.41) is 3.07. The van der Waals surface area contributed by atoms with Crippen LogP contribution in [0.25, 0.3) is 0 Å². The molecule has 27 heavy (non-hydrogen) atoms. The molecule has 6 heteroatoms. The Bertz CT molecular complexity index is 594. The molecule has 0 bridgehead atoms. The van der Waals surface area contributed by atoms with Crippen LogP contribution < -0.4 is 5.32 Å². The molecule has 0 spiro atoms. The summed E-state index contributed by atoms with van der Waals surface area (Å²) in [5.41, 5.74) is 1.19. The molecule has 0 saturated carbocycles. The maximum Gasteiger partial charge on any atom is 0.223 e. The molecule has 1 aromatic carbocycles. The molecule has 1 N–H and O–H groups in total. The minimum atomic E-state index is 0.0351. The van der Waals surface area contributed by atoms with Gasteiger partial charge in [-0.3, -0.25) is 14.5 Å². The molecule has 0 radical (unpaired) electrons. The molecular formula is C21H31N3O3. The van der Waals surface area contributed by atoms with Gasteiger partial charge < -0.3 is 15.0 Å². The zero-order valence-electron chi connectivity index (χ0n) is 16.1. The van der Waals surface area contributed by atoms with Gasteiger partial charge in [0.1, 0.15) is 0 Å². The van der Waals surface area contributed by atoms with E-state index < -0.39 is 0 Å². The summed E-state index contributed by atoms with van der Waals surface area (Å²) >= 11 is 0. The summed E-state index contributed by atoms with van der Waals surface area (Å²) in [6.45, 7) is 6.40. The van der Waals surface area contributed by atoms with E-state index in [9.17, 15) is 9.59 Å². The van der Waals surface area contributed by atoms with E-state index in [0.29, 0.717) is 26.1 Å². The third-order valence-electron chi connectivity index (χ3n) is 5.52. The van der Waals surface area contributed by atoms with Crippen LogP contribution in [-0.4, -0.2) is 74.1 Å². The minimum absolute atomic E-state index is 0.0351. The number of likely N-dealkylation sites (tertiary alicyclic amines) is 1. The highest BCUT2D eigenvalue weighted by Gasteiger charge is 2.27. The molecule has 0 aliphatic carbocycles. The fourth-order valence-corrected chi connectivity index (χ4v) is 3.75. The molecule has 2 amide bonds. The van der Waals surface area contributed by atoms with Crippen LogP contribution in [0.5, 0.6) is 0 Å². The monoisotopic (exact) mass is 373 g/mol. The molecule has 3 rings (SSSR count).